The molecule has 1 nitrogen and oxygen atoms in total. The highest BCUT2D eigenvalue weighted by molar-refractivity contribution is 7.10. The first-order valence-electron chi connectivity index (χ1n) is 5.97. The van der Waals surface area contributed by atoms with Gasteiger partial charge in [0.05, 0.1) is 0 Å². The lowest BCUT2D eigenvalue weighted by Crippen LogP contribution is -1.98. The Morgan fingerprint density at radius 3 is 2.44 bits per heavy atom. The van der Waals surface area contributed by atoms with Crippen LogP contribution < -0.4 is 0 Å². The first kappa shape index (κ1) is 11.5. The lowest BCUT2D eigenvalue weighted by molar-refractivity contribution is 0.226. The van der Waals surface area contributed by atoms with E-state index in [2.05, 4.69) is 25.1 Å². The van der Waals surface area contributed by atoms with Crippen molar-refractivity contribution in [3.63, 3.8) is 0 Å². The standard InChI is InChI=1S/C16H14OS/c1-11-8-9-14(13-6-3-2-5-12(11)13)16(17)15-7-4-10-18-15/h2-10,16-17H,1H3. The summed E-state index contributed by atoms with van der Waals surface area (Å²) >= 11 is 1.59. The summed E-state index contributed by atoms with van der Waals surface area (Å²) in [5.74, 6) is 0. The number of fused-ring (bicyclic) bond motifs is 1. The molecule has 1 unspecified atom stereocenters. The van der Waals surface area contributed by atoms with Crippen LogP contribution in [0.15, 0.2) is 53.9 Å². The van der Waals surface area contributed by atoms with E-state index in [4.69, 9.17) is 0 Å². The van der Waals surface area contributed by atoms with Crippen LogP contribution in [0.3, 0.4) is 0 Å². The van der Waals surface area contributed by atoms with Crippen molar-refractivity contribution in [3.05, 3.63) is 69.9 Å². The van der Waals surface area contributed by atoms with Crippen molar-refractivity contribution in [3.8, 4) is 0 Å². The smallest absolute Gasteiger partial charge is 0.114 e. The van der Waals surface area contributed by atoms with Crippen molar-refractivity contribution in [1.82, 2.24) is 0 Å². The average Bonchev–Trinajstić information content (AvgIpc) is 2.93. The molecule has 0 aliphatic rings. The summed E-state index contributed by atoms with van der Waals surface area (Å²) in [5.41, 5.74) is 2.23. The fourth-order valence-corrected chi connectivity index (χ4v) is 3.04. The summed E-state index contributed by atoms with van der Waals surface area (Å²) in [6.07, 6.45) is -0.532. The van der Waals surface area contributed by atoms with Crippen LogP contribution in [0.1, 0.15) is 22.1 Å². The molecule has 0 bridgehead atoms. The molecule has 0 amide bonds. The van der Waals surface area contributed by atoms with E-state index in [-0.39, 0.29) is 0 Å². The Balaban J connectivity index is 2.21. The molecule has 2 aromatic carbocycles. The van der Waals surface area contributed by atoms with Crippen LogP contribution in [0, 0.1) is 6.92 Å². The molecule has 0 saturated heterocycles. The van der Waals surface area contributed by atoms with Gasteiger partial charge in [-0.3, -0.25) is 0 Å². The lowest BCUT2D eigenvalue weighted by Gasteiger charge is -2.13. The van der Waals surface area contributed by atoms with Crippen LogP contribution in [0.2, 0.25) is 0 Å². The molecular formula is C16H14OS. The molecule has 1 N–H and O–H groups in total. The normalized spacial score (nSPS) is 12.8. The van der Waals surface area contributed by atoms with E-state index in [0.29, 0.717) is 0 Å². The SMILES string of the molecule is Cc1ccc(C(O)c2cccs2)c2ccccc12. The van der Waals surface area contributed by atoms with Crippen LogP contribution in [0.25, 0.3) is 10.8 Å². The summed E-state index contributed by atoms with van der Waals surface area (Å²) < 4.78 is 0. The molecule has 0 saturated carbocycles. The van der Waals surface area contributed by atoms with Gasteiger partial charge in [0, 0.05) is 4.88 Å². The Morgan fingerprint density at radius 2 is 1.72 bits per heavy atom. The molecule has 2 heteroatoms. The third kappa shape index (κ3) is 1.84. The zero-order valence-corrected chi connectivity index (χ0v) is 10.9. The van der Waals surface area contributed by atoms with Crippen LogP contribution >= 0.6 is 11.3 Å². The molecule has 0 fully saturated rings. The summed E-state index contributed by atoms with van der Waals surface area (Å²) in [5, 5.41) is 14.8. The van der Waals surface area contributed by atoms with E-state index in [9.17, 15) is 5.11 Å². The number of thiophene rings is 1. The molecule has 0 aliphatic heterocycles. The molecule has 1 heterocycles. The van der Waals surface area contributed by atoms with Crippen molar-refractivity contribution < 1.29 is 5.11 Å². The van der Waals surface area contributed by atoms with E-state index >= 15 is 0 Å². The van der Waals surface area contributed by atoms with Crippen molar-refractivity contribution in [1.29, 1.82) is 0 Å². The number of benzene rings is 2. The third-order valence-corrected chi connectivity index (χ3v) is 4.21. The minimum atomic E-state index is -0.532. The number of hydrogen-bond acceptors (Lipinski definition) is 2. The molecule has 18 heavy (non-hydrogen) atoms. The summed E-state index contributed by atoms with van der Waals surface area (Å²) in [7, 11) is 0. The van der Waals surface area contributed by atoms with Gasteiger partial charge < -0.3 is 5.11 Å². The van der Waals surface area contributed by atoms with Gasteiger partial charge in [-0.25, -0.2) is 0 Å². The van der Waals surface area contributed by atoms with Gasteiger partial charge in [-0.05, 0) is 40.3 Å². The number of aliphatic hydroxyl groups excluding tert-OH is 1. The minimum absolute atomic E-state index is 0.532. The highest BCUT2D eigenvalue weighted by Crippen LogP contribution is 2.32. The fourth-order valence-electron chi connectivity index (χ4n) is 2.31. The quantitative estimate of drug-likeness (QED) is 0.723. The van der Waals surface area contributed by atoms with Gasteiger partial charge in [0.25, 0.3) is 0 Å². The van der Waals surface area contributed by atoms with Gasteiger partial charge in [-0.15, -0.1) is 11.3 Å². The lowest BCUT2D eigenvalue weighted by atomic mass is 9.96. The molecule has 90 valence electrons. The average molecular weight is 254 g/mol. The highest BCUT2D eigenvalue weighted by Gasteiger charge is 2.14. The number of rotatable bonds is 2. The summed E-state index contributed by atoms with van der Waals surface area (Å²) in [4.78, 5) is 0.990. The van der Waals surface area contributed by atoms with Gasteiger partial charge in [-0.2, -0.15) is 0 Å². The van der Waals surface area contributed by atoms with Crippen molar-refractivity contribution >= 4 is 22.1 Å². The van der Waals surface area contributed by atoms with E-state index in [0.717, 1.165) is 15.8 Å². The molecular weight excluding hydrogens is 240 g/mol. The summed E-state index contributed by atoms with van der Waals surface area (Å²) in [6.45, 7) is 2.10. The zero-order chi connectivity index (χ0) is 12.5. The van der Waals surface area contributed by atoms with Crippen molar-refractivity contribution in [2.45, 2.75) is 13.0 Å². The van der Waals surface area contributed by atoms with Gasteiger partial charge in [0.2, 0.25) is 0 Å². The second-order valence-electron chi connectivity index (χ2n) is 4.44. The van der Waals surface area contributed by atoms with Crippen molar-refractivity contribution in [2.24, 2.45) is 0 Å². The van der Waals surface area contributed by atoms with Gasteiger partial charge >= 0.3 is 0 Å². The van der Waals surface area contributed by atoms with E-state index < -0.39 is 6.10 Å². The number of aliphatic hydroxyl groups is 1. The maximum absolute atomic E-state index is 10.5. The fraction of sp³-hybridized carbons (Fsp3) is 0.125. The molecule has 0 radical (unpaired) electrons. The van der Waals surface area contributed by atoms with Crippen LogP contribution in [-0.4, -0.2) is 5.11 Å². The minimum Gasteiger partial charge on any atom is -0.383 e. The Hall–Kier alpha value is -1.64. The molecule has 0 spiro atoms. The number of hydrogen-bond donors (Lipinski definition) is 1. The maximum atomic E-state index is 10.5. The van der Waals surface area contributed by atoms with E-state index in [1.165, 1.54) is 10.9 Å². The predicted molar refractivity (Wildman–Crippen MR) is 77.1 cm³/mol. The Kier molecular flexibility index (Phi) is 2.90. The molecule has 1 aromatic heterocycles. The number of aryl methyl sites for hydroxylation is 1. The van der Waals surface area contributed by atoms with Crippen LogP contribution in [0.5, 0.6) is 0 Å². The van der Waals surface area contributed by atoms with Crippen LogP contribution in [0.4, 0.5) is 0 Å². The largest absolute Gasteiger partial charge is 0.383 e. The first-order chi connectivity index (χ1) is 8.77. The molecule has 0 aliphatic carbocycles. The van der Waals surface area contributed by atoms with Crippen LogP contribution in [-0.2, 0) is 0 Å². The maximum Gasteiger partial charge on any atom is 0.114 e. The Morgan fingerprint density at radius 1 is 0.944 bits per heavy atom. The molecule has 3 aromatic rings. The predicted octanol–water partition coefficient (Wildman–Crippen LogP) is 4.29. The van der Waals surface area contributed by atoms with Crippen molar-refractivity contribution in [2.75, 3.05) is 0 Å². The first-order valence-corrected chi connectivity index (χ1v) is 6.85. The third-order valence-electron chi connectivity index (χ3n) is 3.28. The second-order valence-corrected chi connectivity index (χ2v) is 5.41. The molecule has 3 rings (SSSR count). The topological polar surface area (TPSA) is 20.2 Å². The van der Waals surface area contributed by atoms with Gasteiger partial charge in [-0.1, -0.05) is 42.5 Å². The molecule has 1 atom stereocenters. The van der Waals surface area contributed by atoms with Gasteiger partial charge in [0.1, 0.15) is 6.10 Å². The van der Waals surface area contributed by atoms with E-state index in [1.807, 2.05) is 35.7 Å². The Labute approximate surface area is 110 Å². The monoisotopic (exact) mass is 254 g/mol. The summed E-state index contributed by atoms with van der Waals surface area (Å²) in [6, 6.07) is 16.3. The second kappa shape index (κ2) is 4.56. The van der Waals surface area contributed by atoms with Gasteiger partial charge in [0.15, 0.2) is 0 Å². The highest BCUT2D eigenvalue weighted by atomic mass is 32.1. The van der Waals surface area contributed by atoms with E-state index in [1.54, 1.807) is 11.3 Å². The zero-order valence-electron chi connectivity index (χ0n) is 10.1. The Bertz CT molecular complexity index is 671.